The highest BCUT2D eigenvalue weighted by molar-refractivity contribution is 9.11. The Hall–Kier alpha value is -0.590. The molecule has 0 aromatic carbocycles. The van der Waals surface area contributed by atoms with Gasteiger partial charge in [-0.25, -0.2) is 4.79 Å². The van der Waals surface area contributed by atoms with Crippen LogP contribution in [0, 0.1) is 5.92 Å². The largest absolute Gasteiger partial charge is 0.381 e. The molecule has 20 heavy (non-hydrogen) atoms. The van der Waals surface area contributed by atoms with E-state index < -0.39 is 0 Å². The topological polar surface area (TPSA) is 41.6 Å². The maximum absolute atomic E-state index is 11.9. The number of carbonyl (C=O) groups is 1. The first kappa shape index (κ1) is 15.8. The lowest BCUT2D eigenvalue weighted by atomic mass is 10.4. The van der Waals surface area contributed by atoms with Crippen LogP contribution in [-0.4, -0.2) is 37.7 Å². The number of hydrogen-bond acceptors (Lipinski definition) is 3. The fourth-order valence-electron chi connectivity index (χ4n) is 1.78. The second-order valence-corrected chi connectivity index (χ2v) is 7.71. The first-order chi connectivity index (χ1) is 9.65. The normalized spacial score (nSPS) is 14.3. The van der Waals surface area contributed by atoms with Crippen LogP contribution >= 0.6 is 27.3 Å². The Kier molecular flexibility index (Phi) is 6.32. The van der Waals surface area contributed by atoms with Crippen molar-refractivity contribution in [2.24, 2.45) is 5.92 Å². The number of amides is 2. The Morgan fingerprint density at radius 1 is 1.55 bits per heavy atom. The van der Waals surface area contributed by atoms with Gasteiger partial charge < -0.3 is 15.0 Å². The van der Waals surface area contributed by atoms with Crippen LogP contribution in [0.5, 0.6) is 0 Å². The summed E-state index contributed by atoms with van der Waals surface area (Å²) in [6, 6.07) is 4.00. The van der Waals surface area contributed by atoms with Gasteiger partial charge in [-0.15, -0.1) is 11.3 Å². The van der Waals surface area contributed by atoms with Gasteiger partial charge in [0, 0.05) is 31.7 Å². The quantitative estimate of drug-likeness (QED) is 0.721. The first-order valence-corrected chi connectivity index (χ1v) is 8.57. The number of rotatable bonds is 8. The van der Waals surface area contributed by atoms with E-state index in [-0.39, 0.29) is 6.03 Å². The molecule has 0 aliphatic heterocycles. The zero-order chi connectivity index (χ0) is 14.4. The molecule has 1 saturated carbocycles. The number of halogens is 1. The molecule has 6 heteroatoms. The molecule has 4 nitrogen and oxygen atoms in total. The van der Waals surface area contributed by atoms with Gasteiger partial charge in [-0.05, 0) is 53.2 Å². The van der Waals surface area contributed by atoms with Gasteiger partial charge in [-0.3, -0.25) is 0 Å². The summed E-state index contributed by atoms with van der Waals surface area (Å²) in [4.78, 5) is 14.7. The molecule has 0 spiro atoms. The minimum atomic E-state index is -0.0308. The van der Waals surface area contributed by atoms with Gasteiger partial charge >= 0.3 is 6.03 Å². The Morgan fingerprint density at radius 3 is 3.00 bits per heavy atom. The molecular weight excluding hydrogens is 340 g/mol. The number of urea groups is 1. The van der Waals surface area contributed by atoms with Gasteiger partial charge in [0.15, 0.2) is 0 Å². The van der Waals surface area contributed by atoms with E-state index in [4.69, 9.17) is 4.74 Å². The zero-order valence-electron chi connectivity index (χ0n) is 11.7. The zero-order valence-corrected chi connectivity index (χ0v) is 14.1. The molecule has 0 saturated heterocycles. The third kappa shape index (κ3) is 5.81. The Morgan fingerprint density at radius 2 is 2.35 bits per heavy atom. The summed E-state index contributed by atoms with van der Waals surface area (Å²) in [5.41, 5.74) is 0. The number of nitrogens with zero attached hydrogens (tertiary/aromatic N) is 1. The van der Waals surface area contributed by atoms with Crippen molar-refractivity contribution in [2.45, 2.75) is 25.8 Å². The predicted octanol–water partition coefficient (Wildman–Crippen LogP) is 3.47. The molecule has 0 atom stereocenters. The molecule has 1 aliphatic carbocycles. The van der Waals surface area contributed by atoms with Crippen LogP contribution in [-0.2, 0) is 11.3 Å². The second kappa shape index (κ2) is 8.00. The van der Waals surface area contributed by atoms with E-state index in [0.717, 1.165) is 29.3 Å². The SMILES string of the molecule is CN(Cc1ccc(Br)s1)C(=O)NCCCOCC1CC1. The molecule has 1 aromatic heterocycles. The lowest BCUT2D eigenvalue weighted by Crippen LogP contribution is -2.37. The molecule has 1 aliphatic rings. The minimum absolute atomic E-state index is 0.0308. The summed E-state index contributed by atoms with van der Waals surface area (Å²) < 4.78 is 6.62. The molecule has 1 N–H and O–H groups in total. The average molecular weight is 361 g/mol. The fraction of sp³-hybridized carbons (Fsp3) is 0.643. The highest BCUT2D eigenvalue weighted by Gasteiger charge is 2.20. The van der Waals surface area contributed by atoms with Gasteiger partial charge in [0.05, 0.1) is 10.3 Å². The van der Waals surface area contributed by atoms with Crippen LogP contribution in [0.1, 0.15) is 24.1 Å². The van der Waals surface area contributed by atoms with Crippen molar-refractivity contribution in [3.05, 3.63) is 20.8 Å². The number of hydrogen-bond donors (Lipinski definition) is 1. The summed E-state index contributed by atoms with van der Waals surface area (Å²) >= 11 is 5.08. The third-order valence-electron chi connectivity index (χ3n) is 3.16. The highest BCUT2D eigenvalue weighted by atomic mass is 79.9. The predicted molar refractivity (Wildman–Crippen MR) is 85.0 cm³/mol. The summed E-state index contributed by atoms with van der Waals surface area (Å²) in [6.07, 6.45) is 3.51. The maximum atomic E-state index is 11.9. The Bertz CT molecular complexity index is 435. The first-order valence-electron chi connectivity index (χ1n) is 6.96. The third-order valence-corrected chi connectivity index (χ3v) is 4.77. The smallest absolute Gasteiger partial charge is 0.317 e. The monoisotopic (exact) mass is 360 g/mol. The van der Waals surface area contributed by atoms with Gasteiger partial charge in [0.25, 0.3) is 0 Å². The number of nitrogens with one attached hydrogen (secondary N) is 1. The summed E-state index contributed by atoms with van der Waals surface area (Å²) in [7, 11) is 1.81. The summed E-state index contributed by atoms with van der Waals surface area (Å²) in [5, 5.41) is 2.91. The standard InChI is InChI=1S/C14H21BrN2O2S/c1-17(9-12-5-6-13(15)20-12)14(18)16-7-2-8-19-10-11-3-4-11/h5-6,11H,2-4,7-10H2,1H3,(H,16,18). The van der Waals surface area contributed by atoms with Gasteiger partial charge in [-0.2, -0.15) is 0 Å². The van der Waals surface area contributed by atoms with Crippen molar-refractivity contribution >= 4 is 33.3 Å². The lowest BCUT2D eigenvalue weighted by Gasteiger charge is -2.17. The van der Waals surface area contributed by atoms with Crippen LogP contribution in [0.2, 0.25) is 0 Å². The van der Waals surface area contributed by atoms with Crippen LogP contribution in [0.4, 0.5) is 4.79 Å². The molecule has 0 unspecified atom stereocenters. The second-order valence-electron chi connectivity index (χ2n) is 5.17. The fourth-order valence-corrected chi connectivity index (χ4v) is 3.32. The Labute approximate surface area is 132 Å². The van der Waals surface area contributed by atoms with Crippen molar-refractivity contribution in [1.29, 1.82) is 0 Å². The van der Waals surface area contributed by atoms with Crippen molar-refractivity contribution in [2.75, 3.05) is 26.8 Å². The molecule has 0 bridgehead atoms. The van der Waals surface area contributed by atoms with Crippen LogP contribution in [0.25, 0.3) is 0 Å². The molecule has 112 valence electrons. The average Bonchev–Trinajstić information content (AvgIpc) is 3.16. The van der Waals surface area contributed by atoms with Crippen LogP contribution in [0.3, 0.4) is 0 Å². The van der Waals surface area contributed by atoms with Gasteiger partial charge in [0.2, 0.25) is 0 Å². The lowest BCUT2D eigenvalue weighted by molar-refractivity contribution is 0.122. The van der Waals surface area contributed by atoms with E-state index in [1.807, 2.05) is 19.2 Å². The highest BCUT2D eigenvalue weighted by Crippen LogP contribution is 2.28. The van der Waals surface area contributed by atoms with Crippen molar-refractivity contribution < 1.29 is 9.53 Å². The van der Waals surface area contributed by atoms with Crippen LogP contribution in [0.15, 0.2) is 15.9 Å². The van der Waals surface area contributed by atoms with Crippen LogP contribution < -0.4 is 5.32 Å². The number of thiophene rings is 1. The van der Waals surface area contributed by atoms with Crippen molar-refractivity contribution in [1.82, 2.24) is 10.2 Å². The maximum Gasteiger partial charge on any atom is 0.317 e. The number of carbonyl (C=O) groups excluding carboxylic acids is 1. The van der Waals surface area contributed by atoms with E-state index >= 15 is 0 Å². The molecule has 0 radical (unpaired) electrons. The van der Waals surface area contributed by atoms with Gasteiger partial charge in [0.1, 0.15) is 0 Å². The minimum Gasteiger partial charge on any atom is -0.381 e. The molecular formula is C14H21BrN2O2S. The van der Waals surface area contributed by atoms with E-state index in [9.17, 15) is 4.79 Å². The molecule has 2 amide bonds. The van der Waals surface area contributed by atoms with Crippen molar-refractivity contribution in [3.8, 4) is 0 Å². The molecule has 2 rings (SSSR count). The summed E-state index contributed by atoms with van der Waals surface area (Å²) in [5.74, 6) is 0.806. The Balaban J connectivity index is 1.53. The molecule has 1 fully saturated rings. The van der Waals surface area contributed by atoms with E-state index in [1.54, 1.807) is 16.2 Å². The molecule has 1 aromatic rings. The van der Waals surface area contributed by atoms with E-state index in [0.29, 0.717) is 13.1 Å². The number of ether oxygens (including phenoxy) is 1. The van der Waals surface area contributed by atoms with Gasteiger partial charge in [-0.1, -0.05) is 0 Å². The van der Waals surface area contributed by atoms with E-state index in [1.165, 1.54) is 17.7 Å². The summed E-state index contributed by atoms with van der Waals surface area (Å²) in [6.45, 7) is 2.93. The van der Waals surface area contributed by atoms with E-state index in [2.05, 4.69) is 21.2 Å². The van der Waals surface area contributed by atoms with Crippen molar-refractivity contribution in [3.63, 3.8) is 0 Å². The molecule has 1 heterocycles.